The van der Waals surface area contributed by atoms with Gasteiger partial charge >= 0.3 is 0 Å². The Morgan fingerprint density at radius 1 is 0.576 bits per heavy atom. The van der Waals surface area contributed by atoms with Crippen molar-refractivity contribution in [3.8, 4) is 12.1 Å². The number of hydrogen-bond donors (Lipinski definition) is 0. The molecule has 2 nitrogen and oxygen atoms in total. The molecule has 0 aliphatic rings. The Hall–Kier alpha value is -2.83. The minimum Gasteiger partial charge on any atom is -0.192 e. The topological polar surface area (TPSA) is 47.6 Å². The fourth-order valence-corrected chi connectivity index (χ4v) is 5.68. The number of rotatable bonds is 6. The highest BCUT2D eigenvalue weighted by Gasteiger charge is 2.08. The lowest BCUT2D eigenvalue weighted by Gasteiger charge is -2.10. The number of halogens is 2. The minimum atomic E-state index is 0.679. The van der Waals surface area contributed by atoms with Gasteiger partial charge in [-0.2, -0.15) is 10.5 Å². The third-order valence-corrected chi connectivity index (χ3v) is 7.70. The van der Waals surface area contributed by atoms with Gasteiger partial charge < -0.3 is 0 Å². The van der Waals surface area contributed by atoms with Crippen LogP contribution >= 0.6 is 43.6 Å². The van der Waals surface area contributed by atoms with Crippen LogP contribution in [0.3, 0.4) is 0 Å². The van der Waals surface area contributed by atoms with Crippen molar-refractivity contribution in [3.05, 3.63) is 127 Å². The fourth-order valence-electron chi connectivity index (χ4n) is 3.44. The zero-order valence-corrected chi connectivity index (χ0v) is 21.5. The molecule has 0 aromatic heterocycles. The number of hydrogen-bond acceptors (Lipinski definition) is 3. The summed E-state index contributed by atoms with van der Waals surface area (Å²) in [4.78, 5) is 2.33. The van der Waals surface area contributed by atoms with Crippen LogP contribution in [0.1, 0.15) is 33.4 Å². The van der Waals surface area contributed by atoms with E-state index in [9.17, 15) is 0 Å². The SMILES string of the molecule is N#Cc1ccc(Cc2ccc(Sc3ccc(Cc4ccc(C#N)cc4)c(Br)c3)cc2Br)cc1. The molecule has 0 amide bonds. The van der Waals surface area contributed by atoms with Gasteiger partial charge in [0, 0.05) is 18.7 Å². The number of benzene rings is 4. The predicted octanol–water partition coefficient (Wildman–Crippen LogP) is 8.29. The molecule has 0 heterocycles. The molecule has 0 spiro atoms. The van der Waals surface area contributed by atoms with E-state index in [1.54, 1.807) is 11.8 Å². The summed E-state index contributed by atoms with van der Waals surface area (Å²) in [6.45, 7) is 0. The maximum Gasteiger partial charge on any atom is 0.0991 e. The summed E-state index contributed by atoms with van der Waals surface area (Å²) in [5.74, 6) is 0. The van der Waals surface area contributed by atoms with E-state index in [2.05, 4.69) is 80.4 Å². The highest BCUT2D eigenvalue weighted by atomic mass is 79.9. The first-order chi connectivity index (χ1) is 16.0. The van der Waals surface area contributed by atoms with Crippen molar-refractivity contribution < 1.29 is 0 Å². The van der Waals surface area contributed by atoms with Crippen molar-refractivity contribution in [2.24, 2.45) is 0 Å². The Morgan fingerprint density at radius 2 is 0.970 bits per heavy atom. The van der Waals surface area contributed by atoms with Crippen LogP contribution in [-0.4, -0.2) is 0 Å². The molecule has 4 rings (SSSR count). The first-order valence-corrected chi connectivity index (χ1v) is 12.7. The summed E-state index contributed by atoms with van der Waals surface area (Å²) in [5.41, 5.74) is 6.14. The van der Waals surface area contributed by atoms with Gasteiger partial charge in [-0.1, -0.05) is 80.0 Å². The molecule has 0 N–H and O–H groups in total. The minimum absolute atomic E-state index is 0.679. The summed E-state index contributed by atoms with van der Waals surface area (Å²) >= 11 is 9.17. The molecule has 4 aromatic rings. The molecule has 0 aliphatic carbocycles. The Labute approximate surface area is 215 Å². The van der Waals surface area contributed by atoms with E-state index in [0.717, 1.165) is 31.6 Å². The average Bonchev–Trinajstić information content (AvgIpc) is 2.83. The second-order valence-electron chi connectivity index (χ2n) is 7.58. The van der Waals surface area contributed by atoms with Crippen molar-refractivity contribution >= 4 is 43.6 Å². The maximum atomic E-state index is 8.96. The molecule has 4 aromatic carbocycles. The van der Waals surface area contributed by atoms with Gasteiger partial charge in [0.2, 0.25) is 0 Å². The Kier molecular flexibility index (Phi) is 7.68. The van der Waals surface area contributed by atoms with Crippen LogP contribution in [0.5, 0.6) is 0 Å². The second-order valence-corrected chi connectivity index (χ2v) is 10.4. The molecular formula is C28H18Br2N2S. The van der Waals surface area contributed by atoms with E-state index in [0.29, 0.717) is 11.1 Å². The monoisotopic (exact) mass is 572 g/mol. The molecule has 5 heteroatoms. The summed E-state index contributed by atoms with van der Waals surface area (Å²) in [7, 11) is 0. The lowest BCUT2D eigenvalue weighted by molar-refractivity contribution is 1.16. The van der Waals surface area contributed by atoms with Gasteiger partial charge in [-0.3, -0.25) is 0 Å². The smallest absolute Gasteiger partial charge is 0.0991 e. The standard InChI is InChI=1S/C28H18Br2N2S/c29-27-15-25(11-9-23(27)13-19-1-5-21(17-31)6-2-19)33-26-12-10-24(28(30)16-26)14-20-3-7-22(18-32)8-4-20/h1-12,15-16H,13-14H2. The molecular weight excluding hydrogens is 556 g/mol. The summed E-state index contributed by atoms with van der Waals surface area (Å²) in [5, 5.41) is 17.9. The molecule has 33 heavy (non-hydrogen) atoms. The quantitative estimate of drug-likeness (QED) is 0.233. The summed E-state index contributed by atoms with van der Waals surface area (Å²) < 4.78 is 2.15. The fraction of sp³-hybridized carbons (Fsp3) is 0.0714. The summed E-state index contributed by atoms with van der Waals surface area (Å²) in [6, 6.07) is 32.7. The Bertz CT molecular complexity index is 1260. The van der Waals surface area contributed by atoms with E-state index in [1.165, 1.54) is 22.3 Å². The third kappa shape index (κ3) is 6.15. The maximum absolute atomic E-state index is 8.96. The van der Waals surface area contributed by atoms with Crippen LogP contribution in [0.4, 0.5) is 0 Å². The van der Waals surface area contributed by atoms with Crippen molar-refractivity contribution in [2.45, 2.75) is 22.6 Å². The van der Waals surface area contributed by atoms with Gasteiger partial charge in [0.15, 0.2) is 0 Å². The summed E-state index contributed by atoms with van der Waals surface area (Å²) in [6.07, 6.45) is 1.62. The predicted molar refractivity (Wildman–Crippen MR) is 140 cm³/mol. The van der Waals surface area contributed by atoms with E-state index in [1.807, 2.05) is 48.5 Å². The number of nitrogens with zero attached hydrogens (tertiary/aromatic N) is 2. The van der Waals surface area contributed by atoms with Crippen molar-refractivity contribution in [1.29, 1.82) is 10.5 Å². The van der Waals surface area contributed by atoms with Gasteiger partial charge in [-0.15, -0.1) is 0 Å². The number of nitriles is 2. The molecule has 0 saturated carbocycles. The Balaban J connectivity index is 1.43. The highest BCUT2D eigenvalue weighted by Crippen LogP contribution is 2.34. The lowest BCUT2D eigenvalue weighted by atomic mass is 10.0. The molecule has 0 bridgehead atoms. The van der Waals surface area contributed by atoms with E-state index < -0.39 is 0 Å². The van der Waals surface area contributed by atoms with Gasteiger partial charge in [-0.05, 0) is 83.6 Å². The molecule has 0 aliphatic heterocycles. The molecule has 0 saturated heterocycles. The van der Waals surface area contributed by atoms with Crippen LogP contribution < -0.4 is 0 Å². The Morgan fingerprint density at radius 3 is 1.30 bits per heavy atom. The van der Waals surface area contributed by atoms with Crippen LogP contribution in [0.15, 0.2) is 104 Å². The molecule has 0 radical (unpaired) electrons. The third-order valence-electron chi connectivity index (χ3n) is 5.24. The van der Waals surface area contributed by atoms with Crippen molar-refractivity contribution in [1.82, 2.24) is 0 Å². The van der Waals surface area contributed by atoms with Crippen LogP contribution in [0.25, 0.3) is 0 Å². The normalized spacial score (nSPS) is 10.4. The molecule has 0 atom stereocenters. The largest absolute Gasteiger partial charge is 0.192 e. The van der Waals surface area contributed by atoms with E-state index in [4.69, 9.17) is 10.5 Å². The van der Waals surface area contributed by atoms with Gasteiger partial charge in [-0.25, -0.2) is 0 Å². The van der Waals surface area contributed by atoms with Crippen molar-refractivity contribution in [2.75, 3.05) is 0 Å². The first-order valence-electron chi connectivity index (χ1n) is 10.3. The molecule has 0 fully saturated rings. The van der Waals surface area contributed by atoms with Gasteiger partial charge in [0.05, 0.1) is 23.3 Å². The second kappa shape index (κ2) is 10.9. The van der Waals surface area contributed by atoms with Crippen LogP contribution in [-0.2, 0) is 12.8 Å². The van der Waals surface area contributed by atoms with Gasteiger partial charge in [0.1, 0.15) is 0 Å². The van der Waals surface area contributed by atoms with E-state index >= 15 is 0 Å². The van der Waals surface area contributed by atoms with E-state index in [-0.39, 0.29) is 0 Å². The van der Waals surface area contributed by atoms with Crippen molar-refractivity contribution in [3.63, 3.8) is 0 Å². The first kappa shape index (κ1) is 23.3. The zero-order chi connectivity index (χ0) is 23.2. The highest BCUT2D eigenvalue weighted by molar-refractivity contribution is 9.10. The molecule has 160 valence electrons. The van der Waals surface area contributed by atoms with Gasteiger partial charge in [0.25, 0.3) is 0 Å². The average molecular weight is 574 g/mol. The van der Waals surface area contributed by atoms with Crippen LogP contribution in [0.2, 0.25) is 0 Å². The lowest BCUT2D eigenvalue weighted by Crippen LogP contribution is -1.91. The van der Waals surface area contributed by atoms with Crippen LogP contribution in [0, 0.1) is 22.7 Å². The molecule has 0 unspecified atom stereocenters. The zero-order valence-electron chi connectivity index (χ0n) is 17.6.